The molecule has 5 heteroatoms. The molecule has 1 aliphatic rings. The van der Waals surface area contributed by atoms with Crippen molar-refractivity contribution in [3.8, 4) is 0 Å². The molecule has 1 fully saturated rings. The number of hydrogen-bond acceptors (Lipinski definition) is 5. The van der Waals surface area contributed by atoms with E-state index in [1.54, 1.807) is 0 Å². The first-order valence-electron chi connectivity index (χ1n) is 5.63. The van der Waals surface area contributed by atoms with Crippen LogP contribution in [0.4, 0.5) is 5.82 Å². The standard InChI is InChI=1S/C11H18N4O/c1-8-13-9(7-11(12-2)14-8)10-3-4-15(10)5-6-16/h7,10,16H,3-6H2,1-2H3,(H,12,13,14)/t10-/m0/s1. The SMILES string of the molecule is CNc1cc([C@@H]2CCN2CCO)nc(C)n1. The third kappa shape index (κ3) is 2.15. The van der Waals surface area contributed by atoms with Crippen LogP contribution in [0.2, 0.25) is 0 Å². The number of nitrogens with zero attached hydrogens (tertiary/aromatic N) is 3. The highest BCUT2D eigenvalue weighted by Gasteiger charge is 2.30. The van der Waals surface area contributed by atoms with Crippen LogP contribution < -0.4 is 5.32 Å². The van der Waals surface area contributed by atoms with Crippen LogP contribution in [-0.4, -0.2) is 46.7 Å². The highest BCUT2D eigenvalue weighted by Crippen LogP contribution is 2.32. The molecule has 1 saturated heterocycles. The van der Waals surface area contributed by atoms with Crippen molar-refractivity contribution in [3.05, 3.63) is 17.6 Å². The number of aliphatic hydroxyl groups excluding tert-OH is 1. The second-order valence-electron chi connectivity index (χ2n) is 4.04. The Labute approximate surface area is 95.5 Å². The van der Waals surface area contributed by atoms with Gasteiger partial charge >= 0.3 is 0 Å². The van der Waals surface area contributed by atoms with Gasteiger partial charge in [-0.25, -0.2) is 9.97 Å². The molecule has 2 rings (SSSR count). The molecular weight excluding hydrogens is 204 g/mol. The topological polar surface area (TPSA) is 61.3 Å². The average Bonchev–Trinajstić information content (AvgIpc) is 2.23. The van der Waals surface area contributed by atoms with Crippen molar-refractivity contribution in [3.63, 3.8) is 0 Å². The van der Waals surface area contributed by atoms with Gasteiger partial charge in [0.25, 0.3) is 0 Å². The Kier molecular flexibility index (Phi) is 3.36. The van der Waals surface area contributed by atoms with Gasteiger partial charge in [-0.05, 0) is 13.3 Å². The first-order valence-corrected chi connectivity index (χ1v) is 5.63. The summed E-state index contributed by atoms with van der Waals surface area (Å²) in [6.07, 6.45) is 1.11. The van der Waals surface area contributed by atoms with E-state index in [0.29, 0.717) is 6.04 Å². The molecule has 0 amide bonds. The molecule has 0 bridgehead atoms. The van der Waals surface area contributed by atoms with Crippen molar-refractivity contribution in [1.29, 1.82) is 0 Å². The maximum atomic E-state index is 8.93. The van der Waals surface area contributed by atoms with E-state index in [4.69, 9.17) is 5.11 Å². The minimum Gasteiger partial charge on any atom is -0.395 e. The summed E-state index contributed by atoms with van der Waals surface area (Å²) in [6, 6.07) is 2.34. The fourth-order valence-corrected chi connectivity index (χ4v) is 2.06. The lowest BCUT2D eigenvalue weighted by Crippen LogP contribution is -2.42. The van der Waals surface area contributed by atoms with Gasteiger partial charge in [-0.2, -0.15) is 0 Å². The molecule has 88 valence electrons. The summed E-state index contributed by atoms with van der Waals surface area (Å²) < 4.78 is 0. The van der Waals surface area contributed by atoms with Crippen LogP contribution in [0.15, 0.2) is 6.07 Å². The van der Waals surface area contributed by atoms with E-state index in [-0.39, 0.29) is 6.61 Å². The molecule has 5 nitrogen and oxygen atoms in total. The Morgan fingerprint density at radius 3 is 2.94 bits per heavy atom. The van der Waals surface area contributed by atoms with Gasteiger partial charge in [0.05, 0.1) is 18.3 Å². The Bertz CT molecular complexity index is 369. The number of aromatic nitrogens is 2. The van der Waals surface area contributed by atoms with E-state index in [1.807, 2.05) is 20.0 Å². The predicted octanol–water partition coefficient (Wildman–Crippen LogP) is 0.566. The molecule has 0 spiro atoms. The van der Waals surface area contributed by atoms with Gasteiger partial charge in [-0.3, -0.25) is 4.90 Å². The molecule has 1 aliphatic heterocycles. The van der Waals surface area contributed by atoms with E-state index in [0.717, 1.165) is 36.8 Å². The van der Waals surface area contributed by atoms with Crippen molar-refractivity contribution in [2.24, 2.45) is 0 Å². The Morgan fingerprint density at radius 1 is 1.56 bits per heavy atom. The van der Waals surface area contributed by atoms with Crippen LogP contribution in [0.5, 0.6) is 0 Å². The largest absolute Gasteiger partial charge is 0.395 e. The first-order chi connectivity index (χ1) is 7.74. The molecule has 0 radical (unpaired) electrons. The number of aryl methyl sites for hydroxylation is 1. The van der Waals surface area contributed by atoms with Crippen LogP contribution >= 0.6 is 0 Å². The van der Waals surface area contributed by atoms with E-state index in [1.165, 1.54) is 0 Å². The van der Waals surface area contributed by atoms with Crippen molar-refractivity contribution < 1.29 is 5.11 Å². The number of rotatable bonds is 4. The minimum absolute atomic E-state index is 0.208. The zero-order chi connectivity index (χ0) is 11.5. The van der Waals surface area contributed by atoms with Crippen LogP contribution in [-0.2, 0) is 0 Å². The summed E-state index contributed by atoms with van der Waals surface area (Å²) in [5.41, 5.74) is 1.05. The average molecular weight is 222 g/mol. The highest BCUT2D eigenvalue weighted by molar-refractivity contribution is 5.36. The number of likely N-dealkylation sites (tertiary alicyclic amines) is 1. The van der Waals surface area contributed by atoms with E-state index < -0.39 is 0 Å². The Hall–Kier alpha value is -1.20. The van der Waals surface area contributed by atoms with Crippen LogP contribution in [0, 0.1) is 6.92 Å². The number of anilines is 1. The maximum Gasteiger partial charge on any atom is 0.129 e. The predicted molar refractivity (Wildman–Crippen MR) is 62.3 cm³/mol. The number of nitrogens with one attached hydrogen (secondary N) is 1. The summed E-state index contributed by atoms with van der Waals surface area (Å²) >= 11 is 0. The molecule has 0 unspecified atom stereocenters. The van der Waals surface area contributed by atoms with Crippen molar-refractivity contribution in [2.45, 2.75) is 19.4 Å². The van der Waals surface area contributed by atoms with Crippen LogP contribution in [0.3, 0.4) is 0 Å². The molecule has 2 heterocycles. The minimum atomic E-state index is 0.208. The second kappa shape index (κ2) is 4.76. The normalized spacial score (nSPS) is 20.6. The fourth-order valence-electron chi connectivity index (χ4n) is 2.06. The Balaban J connectivity index is 2.17. The molecule has 0 aliphatic carbocycles. The van der Waals surface area contributed by atoms with Crippen LogP contribution in [0.1, 0.15) is 24.0 Å². The summed E-state index contributed by atoms with van der Waals surface area (Å²) in [5.74, 6) is 1.65. The fraction of sp³-hybridized carbons (Fsp3) is 0.636. The van der Waals surface area contributed by atoms with Gasteiger partial charge in [-0.15, -0.1) is 0 Å². The molecule has 1 atom stereocenters. The van der Waals surface area contributed by atoms with Gasteiger partial charge in [0.15, 0.2) is 0 Å². The number of β-amino-alcohol motifs (C(OH)–C–C–N with tert-alkyl or cyclic N) is 1. The summed E-state index contributed by atoms with van der Waals surface area (Å²) in [6.45, 7) is 3.88. The van der Waals surface area contributed by atoms with Crippen molar-refractivity contribution >= 4 is 5.82 Å². The lowest BCUT2D eigenvalue weighted by atomic mass is 9.99. The van der Waals surface area contributed by atoms with Gasteiger partial charge in [0.1, 0.15) is 11.6 Å². The lowest BCUT2D eigenvalue weighted by molar-refractivity contribution is 0.0653. The van der Waals surface area contributed by atoms with E-state index in [9.17, 15) is 0 Å². The zero-order valence-electron chi connectivity index (χ0n) is 9.77. The summed E-state index contributed by atoms with van der Waals surface area (Å²) in [4.78, 5) is 11.0. The molecule has 0 saturated carbocycles. The second-order valence-corrected chi connectivity index (χ2v) is 4.04. The number of aliphatic hydroxyl groups is 1. The van der Waals surface area contributed by atoms with E-state index >= 15 is 0 Å². The van der Waals surface area contributed by atoms with E-state index in [2.05, 4.69) is 20.2 Å². The highest BCUT2D eigenvalue weighted by atomic mass is 16.3. The quantitative estimate of drug-likeness (QED) is 0.779. The van der Waals surface area contributed by atoms with Crippen LogP contribution in [0.25, 0.3) is 0 Å². The first kappa shape index (κ1) is 11.3. The summed E-state index contributed by atoms with van der Waals surface area (Å²) in [5, 5.41) is 12.0. The summed E-state index contributed by atoms with van der Waals surface area (Å²) in [7, 11) is 1.86. The molecule has 2 N–H and O–H groups in total. The zero-order valence-corrected chi connectivity index (χ0v) is 9.77. The third-order valence-electron chi connectivity index (χ3n) is 2.97. The maximum absolute atomic E-state index is 8.93. The molecule has 0 aromatic carbocycles. The van der Waals surface area contributed by atoms with Gasteiger partial charge in [0, 0.05) is 26.2 Å². The Morgan fingerprint density at radius 2 is 2.38 bits per heavy atom. The smallest absolute Gasteiger partial charge is 0.129 e. The van der Waals surface area contributed by atoms with Gasteiger partial charge in [-0.1, -0.05) is 0 Å². The van der Waals surface area contributed by atoms with Crippen molar-refractivity contribution in [2.75, 3.05) is 32.1 Å². The van der Waals surface area contributed by atoms with Gasteiger partial charge < -0.3 is 10.4 Å². The monoisotopic (exact) mass is 222 g/mol. The number of hydrogen-bond donors (Lipinski definition) is 2. The third-order valence-corrected chi connectivity index (χ3v) is 2.97. The molecule has 1 aromatic heterocycles. The molecular formula is C11H18N4O. The molecule has 16 heavy (non-hydrogen) atoms. The lowest BCUT2D eigenvalue weighted by Gasteiger charge is -2.40. The molecule has 1 aromatic rings. The van der Waals surface area contributed by atoms with Gasteiger partial charge in [0.2, 0.25) is 0 Å². The van der Waals surface area contributed by atoms with Crippen molar-refractivity contribution in [1.82, 2.24) is 14.9 Å².